The smallest absolute Gasteiger partial charge is 0.137 e. The fourth-order valence-electron chi connectivity index (χ4n) is 1.53. The Bertz CT molecular complexity index is 482. The number of hydrogen-bond acceptors (Lipinski definition) is 3. The van der Waals surface area contributed by atoms with Gasteiger partial charge >= 0.3 is 0 Å². The Kier molecular flexibility index (Phi) is 4.59. The maximum Gasteiger partial charge on any atom is 0.137 e. The molecule has 1 heterocycles. The third-order valence-corrected chi connectivity index (χ3v) is 2.99. The van der Waals surface area contributed by atoms with E-state index in [1.165, 1.54) is 5.56 Å². The van der Waals surface area contributed by atoms with Crippen molar-refractivity contribution < 1.29 is 9.47 Å². The molecule has 18 heavy (non-hydrogen) atoms. The zero-order valence-electron chi connectivity index (χ0n) is 10.1. The van der Waals surface area contributed by atoms with E-state index < -0.39 is 0 Å². The van der Waals surface area contributed by atoms with Crippen LogP contribution in [0.2, 0.25) is 0 Å². The van der Waals surface area contributed by atoms with Crippen LogP contribution >= 0.6 is 15.9 Å². The minimum atomic E-state index is 0.635. The molecule has 3 nitrogen and oxygen atoms in total. The number of ether oxygens (including phenoxy) is 2. The van der Waals surface area contributed by atoms with Gasteiger partial charge in [-0.25, -0.2) is 4.98 Å². The van der Waals surface area contributed by atoms with Crippen molar-refractivity contribution in [1.29, 1.82) is 0 Å². The van der Waals surface area contributed by atoms with Crippen LogP contribution in [0.15, 0.2) is 47.2 Å². The van der Waals surface area contributed by atoms with Crippen molar-refractivity contribution in [1.82, 2.24) is 4.98 Å². The summed E-state index contributed by atoms with van der Waals surface area (Å²) in [6.07, 6.45) is 2.57. The lowest BCUT2D eigenvalue weighted by Crippen LogP contribution is -2.01. The van der Waals surface area contributed by atoms with Gasteiger partial charge in [-0.05, 0) is 45.8 Å². The lowest BCUT2D eigenvalue weighted by atomic mass is 10.1. The maximum atomic E-state index is 5.61. The van der Waals surface area contributed by atoms with Crippen molar-refractivity contribution in [2.24, 2.45) is 0 Å². The third-order valence-electron chi connectivity index (χ3n) is 2.52. The topological polar surface area (TPSA) is 31.4 Å². The molecule has 0 atom stereocenters. The molecule has 1 aromatic heterocycles. The molecule has 0 N–H and O–H groups in total. The molecule has 2 aromatic rings. The molecule has 0 unspecified atom stereocenters. The molecule has 2 rings (SSSR count). The van der Waals surface area contributed by atoms with Crippen LogP contribution in [0.3, 0.4) is 0 Å². The highest BCUT2D eigenvalue weighted by molar-refractivity contribution is 9.10. The molecule has 0 bridgehead atoms. The van der Waals surface area contributed by atoms with Gasteiger partial charge in [-0.1, -0.05) is 12.1 Å². The van der Waals surface area contributed by atoms with Crippen molar-refractivity contribution in [3.63, 3.8) is 0 Å². The van der Waals surface area contributed by atoms with Gasteiger partial charge in [0.25, 0.3) is 0 Å². The normalized spacial score (nSPS) is 10.1. The van der Waals surface area contributed by atoms with Crippen molar-refractivity contribution in [3.05, 3.63) is 52.8 Å². The lowest BCUT2D eigenvalue weighted by molar-refractivity contribution is 0.320. The lowest BCUT2D eigenvalue weighted by Gasteiger charge is -2.06. The van der Waals surface area contributed by atoms with E-state index in [2.05, 4.69) is 20.9 Å². The van der Waals surface area contributed by atoms with Crippen molar-refractivity contribution >= 4 is 15.9 Å². The maximum absolute atomic E-state index is 5.61. The minimum Gasteiger partial charge on any atom is -0.497 e. The Labute approximate surface area is 115 Å². The second-order valence-electron chi connectivity index (χ2n) is 3.76. The second-order valence-corrected chi connectivity index (χ2v) is 4.58. The summed E-state index contributed by atoms with van der Waals surface area (Å²) in [7, 11) is 1.67. The largest absolute Gasteiger partial charge is 0.497 e. The first kappa shape index (κ1) is 12.9. The van der Waals surface area contributed by atoms with Crippen LogP contribution in [0.4, 0.5) is 0 Å². The average Bonchev–Trinajstić information content (AvgIpc) is 2.42. The summed E-state index contributed by atoms with van der Waals surface area (Å²) in [5, 5.41) is 0. The SMILES string of the molecule is COc1ccc(CCOc2ccc(Br)nc2)cc1. The van der Waals surface area contributed by atoms with E-state index in [1.54, 1.807) is 13.3 Å². The zero-order valence-corrected chi connectivity index (χ0v) is 11.7. The first-order chi connectivity index (χ1) is 8.78. The van der Waals surface area contributed by atoms with Gasteiger partial charge in [0.2, 0.25) is 0 Å². The van der Waals surface area contributed by atoms with Crippen LogP contribution in [0.5, 0.6) is 11.5 Å². The molecule has 0 aliphatic heterocycles. The molecule has 0 aliphatic carbocycles. The molecule has 0 saturated carbocycles. The van der Waals surface area contributed by atoms with Crippen LogP contribution < -0.4 is 9.47 Å². The van der Waals surface area contributed by atoms with E-state index in [0.29, 0.717) is 6.61 Å². The average molecular weight is 308 g/mol. The molecule has 0 amide bonds. The van der Waals surface area contributed by atoms with Crippen LogP contribution in [0, 0.1) is 0 Å². The summed E-state index contributed by atoms with van der Waals surface area (Å²) in [5.74, 6) is 1.66. The van der Waals surface area contributed by atoms with E-state index >= 15 is 0 Å². The monoisotopic (exact) mass is 307 g/mol. The van der Waals surface area contributed by atoms with Crippen molar-refractivity contribution in [2.75, 3.05) is 13.7 Å². The van der Waals surface area contributed by atoms with Gasteiger partial charge in [0, 0.05) is 6.42 Å². The third kappa shape index (κ3) is 3.74. The first-order valence-corrected chi connectivity index (χ1v) is 6.44. The van der Waals surface area contributed by atoms with Gasteiger partial charge in [-0.15, -0.1) is 0 Å². The summed E-state index contributed by atoms with van der Waals surface area (Å²) in [6, 6.07) is 11.8. The van der Waals surface area contributed by atoms with E-state index in [-0.39, 0.29) is 0 Å². The number of pyridine rings is 1. The summed E-state index contributed by atoms with van der Waals surface area (Å²) in [6.45, 7) is 0.635. The van der Waals surface area contributed by atoms with Gasteiger partial charge < -0.3 is 9.47 Å². The van der Waals surface area contributed by atoms with E-state index in [1.807, 2.05) is 36.4 Å². The molecule has 1 aromatic carbocycles. The highest BCUT2D eigenvalue weighted by Crippen LogP contribution is 2.14. The summed E-state index contributed by atoms with van der Waals surface area (Å²) < 4.78 is 11.5. The molecule has 0 radical (unpaired) electrons. The molecule has 94 valence electrons. The number of halogens is 1. The molecule has 4 heteroatoms. The Morgan fingerprint density at radius 3 is 2.39 bits per heavy atom. The first-order valence-electron chi connectivity index (χ1n) is 5.65. The fourth-order valence-corrected chi connectivity index (χ4v) is 1.76. The van der Waals surface area contributed by atoms with Gasteiger partial charge in [-0.2, -0.15) is 0 Å². The number of benzene rings is 1. The Hall–Kier alpha value is -1.55. The highest BCUT2D eigenvalue weighted by Gasteiger charge is 1.97. The van der Waals surface area contributed by atoms with Crippen LogP contribution in [-0.2, 0) is 6.42 Å². The number of nitrogens with zero attached hydrogens (tertiary/aromatic N) is 1. The van der Waals surface area contributed by atoms with Gasteiger partial charge in [0.05, 0.1) is 19.9 Å². The van der Waals surface area contributed by atoms with Gasteiger partial charge in [0.15, 0.2) is 0 Å². The predicted octanol–water partition coefficient (Wildman–Crippen LogP) is 3.47. The van der Waals surface area contributed by atoms with Crippen molar-refractivity contribution in [2.45, 2.75) is 6.42 Å². The van der Waals surface area contributed by atoms with Crippen molar-refractivity contribution in [3.8, 4) is 11.5 Å². The van der Waals surface area contributed by atoms with Gasteiger partial charge in [0.1, 0.15) is 16.1 Å². The summed E-state index contributed by atoms with van der Waals surface area (Å²) >= 11 is 3.29. The molecular weight excluding hydrogens is 294 g/mol. The Morgan fingerprint density at radius 1 is 1.06 bits per heavy atom. The summed E-state index contributed by atoms with van der Waals surface area (Å²) in [5.41, 5.74) is 1.22. The number of hydrogen-bond donors (Lipinski definition) is 0. The Balaban J connectivity index is 1.82. The number of aromatic nitrogens is 1. The van der Waals surface area contributed by atoms with Crippen LogP contribution in [-0.4, -0.2) is 18.7 Å². The molecule has 0 saturated heterocycles. The quantitative estimate of drug-likeness (QED) is 0.793. The fraction of sp³-hybridized carbons (Fsp3) is 0.214. The standard InChI is InChI=1S/C14H14BrNO2/c1-17-12-4-2-11(3-5-12)8-9-18-13-6-7-14(15)16-10-13/h2-7,10H,8-9H2,1H3. The van der Waals surface area contributed by atoms with E-state index in [9.17, 15) is 0 Å². The zero-order chi connectivity index (χ0) is 12.8. The number of rotatable bonds is 5. The van der Waals surface area contributed by atoms with E-state index in [0.717, 1.165) is 22.5 Å². The number of methoxy groups -OCH3 is 1. The molecule has 0 aliphatic rings. The van der Waals surface area contributed by atoms with E-state index in [4.69, 9.17) is 9.47 Å². The minimum absolute atomic E-state index is 0.635. The van der Waals surface area contributed by atoms with Crippen LogP contribution in [0.1, 0.15) is 5.56 Å². The second kappa shape index (κ2) is 6.40. The van der Waals surface area contributed by atoms with Crippen LogP contribution in [0.25, 0.3) is 0 Å². The van der Waals surface area contributed by atoms with Gasteiger partial charge in [-0.3, -0.25) is 0 Å². The predicted molar refractivity (Wildman–Crippen MR) is 74.1 cm³/mol. The molecule has 0 fully saturated rings. The molecule has 0 spiro atoms. The summed E-state index contributed by atoms with van der Waals surface area (Å²) in [4.78, 5) is 4.10. The highest BCUT2D eigenvalue weighted by atomic mass is 79.9. The Morgan fingerprint density at radius 2 is 1.78 bits per heavy atom. The molecular formula is C14H14BrNO2.